The van der Waals surface area contributed by atoms with Gasteiger partial charge in [0.15, 0.2) is 11.5 Å². The molecule has 9 nitrogen and oxygen atoms in total. The normalized spacial score (nSPS) is 14.3. The molecule has 0 fully saturated rings. The van der Waals surface area contributed by atoms with E-state index in [0.717, 1.165) is 23.8 Å². The first-order chi connectivity index (χ1) is 18.0. The third-order valence-electron chi connectivity index (χ3n) is 6.57. The van der Waals surface area contributed by atoms with Crippen molar-refractivity contribution in [2.24, 2.45) is 0 Å². The molecular formula is C28H39N3O6S. The summed E-state index contributed by atoms with van der Waals surface area (Å²) in [5, 5.41) is 2.96. The van der Waals surface area contributed by atoms with Crippen molar-refractivity contribution >= 4 is 27.5 Å². The average molecular weight is 546 g/mol. The Bertz CT molecular complexity index is 1230. The van der Waals surface area contributed by atoms with Crippen LogP contribution in [0.3, 0.4) is 0 Å². The molecule has 2 aromatic rings. The van der Waals surface area contributed by atoms with Crippen molar-refractivity contribution in [3.63, 3.8) is 0 Å². The summed E-state index contributed by atoms with van der Waals surface area (Å²) in [5.74, 6) is 0.632. The highest BCUT2D eigenvalue weighted by atomic mass is 32.2. The number of amides is 2. The Morgan fingerprint density at radius 3 is 2.42 bits per heavy atom. The van der Waals surface area contributed by atoms with Crippen LogP contribution in [0, 0.1) is 6.92 Å². The fourth-order valence-corrected chi connectivity index (χ4v) is 5.20. The van der Waals surface area contributed by atoms with Crippen molar-refractivity contribution < 1.29 is 27.5 Å². The maximum absolute atomic E-state index is 13.4. The van der Waals surface area contributed by atoms with Crippen molar-refractivity contribution in [2.45, 2.75) is 65.6 Å². The number of carbonyl (C=O) groups is 2. The van der Waals surface area contributed by atoms with Crippen LogP contribution in [0.15, 0.2) is 42.5 Å². The fraction of sp³-hybridized carbons (Fsp3) is 0.500. The lowest BCUT2D eigenvalue weighted by atomic mass is 10.1. The highest BCUT2D eigenvalue weighted by molar-refractivity contribution is 7.92. The largest absolute Gasteiger partial charge is 0.486 e. The number of anilines is 1. The van der Waals surface area contributed by atoms with E-state index < -0.39 is 16.1 Å². The quantitative estimate of drug-likeness (QED) is 0.437. The minimum Gasteiger partial charge on any atom is -0.486 e. The monoisotopic (exact) mass is 545 g/mol. The molecule has 1 N–H and O–H groups in total. The highest BCUT2D eigenvalue weighted by Gasteiger charge is 2.27. The first-order valence-corrected chi connectivity index (χ1v) is 14.9. The zero-order valence-electron chi connectivity index (χ0n) is 22.9. The highest BCUT2D eigenvalue weighted by Crippen LogP contribution is 2.34. The van der Waals surface area contributed by atoms with E-state index in [2.05, 4.69) is 5.32 Å². The Balaban J connectivity index is 1.74. The summed E-state index contributed by atoms with van der Waals surface area (Å²) in [6.07, 6.45) is 2.29. The Morgan fingerprint density at radius 1 is 1.05 bits per heavy atom. The van der Waals surface area contributed by atoms with Gasteiger partial charge >= 0.3 is 0 Å². The number of hydrogen-bond donors (Lipinski definition) is 1. The number of rotatable bonds is 12. The molecule has 0 saturated heterocycles. The molecule has 0 aliphatic carbocycles. The Hall–Kier alpha value is -3.27. The molecule has 2 amide bonds. The molecule has 0 aromatic heterocycles. The van der Waals surface area contributed by atoms with Crippen molar-refractivity contribution in [1.82, 2.24) is 10.2 Å². The van der Waals surface area contributed by atoms with Crippen LogP contribution in [0.1, 0.15) is 51.2 Å². The van der Waals surface area contributed by atoms with Crippen molar-refractivity contribution in [3.05, 3.63) is 53.6 Å². The van der Waals surface area contributed by atoms with E-state index in [1.54, 1.807) is 30.0 Å². The van der Waals surface area contributed by atoms with Gasteiger partial charge in [-0.05, 0) is 51.3 Å². The molecular weight excluding hydrogens is 506 g/mol. The van der Waals surface area contributed by atoms with Gasteiger partial charge in [0.25, 0.3) is 0 Å². The van der Waals surface area contributed by atoms with Crippen LogP contribution < -0.4 is 19.1 Å². The van der Waals surface area contributed by atoms with E-state index in [1.807, 2.05) is 45.0 Å². The minimum atomic E-state index is -3.61. The zero-order valence-corrected chi connectivity index (χ0v) is 23.7. The summed E-state index contributed by atoms with van der Waals surface area (Å²) >= 11 is 0. The fourth-order valence-electron chi connectivity index (χ4n) is 4.25. The number of fused-ring (bicyclic) bond motifs is 1. The molecule has 0 radical (unpaired) electrons. The molecule has 10 heteroatoms. The van der Waals surface area contributed by atoms with Crippen molar-refractivity contribution in [1.29, 1.82) is 0 Å². The second-order valence-electron chi connectivity index (χ2n) is 9.77. The standard InChI is InChI=1S/C28H39N3O6S/c1-6-21(3)29-28(33)22(4)30(19-23-10-7-9-20(2)17-23)27(32)11-8-14-31(38(5,34)35)24-12-13-25-26(18-24)37-16-15-36-25/h7,9-10,12-13,17-18,21-22H,6,8,11,14-16,19H2,1-5H3,(H,29,33)/t21-,22-/m1/s1. The second-order valence-corrected chi connectivity index (χ2v) is 11.7. The smallest absolute Gasteiger partial charge is 0.242 e. The first kappa shape index (κ1) is 29.3. The lowest BCUT2D eigenvalue weighted by Crippen LogP contribution is -2.49. The van der Waals surface area contributed by atoms with Crippen LogP contribution in [0.2, 0.25) is 0 Å². The zero-order chi connectivity index (χ0) is 27.9. The van der Waals surface area contributed by atoms with Gasteiger partial charge in [0.05, 0.1) is 11.9 Å². The summed E-state index contributed by atoms with van der Waals surface area (Å²) in [6.45, 7) is 8.84. The van der Waals surface area contributed by atoms with E-state index in [1.165, 1.54) is 4.31 Å². The maximum Gasteiger partial charge on any atom is 0.242 e. The topological polar surface area (TPSA) is 105 Å². The molecule has 38 heavy (non-hydrogen) atoms. The van der Waals surface area contributed by atoms with Gasteiger partial charge in [-0.3, -0.25) is 13.9 Å². The van der Waals surface area contributed by atoms with E-state index in [-0.39, 0.29) is 43.8 Å². The van der Waals surface area contributed by atoms with Crippen LogP contribution in [-0.4, -0.2) is 63.2 Å². The van der Waals surface area contributed by atoms with E-state index in [0.29, 0.717) is 30.4 Å². The molecule has 1 heterocycles. The van der Waals surface area contributed by atoms with Gasteiger partial charge in [0.1, 0.15) is 19.3 Å². The van der Waals surface area contributed by atoms with Gasteiger partial charge in [-0.25, -0.2) is 8.42 Å². The molecule has 0 bridgehead atoms. The molecule has 0 spiro atoms. The molecule has 0 unspecified atom stereocenters. The predicted molar refractivity (Wildman–Crippen MR) is 148 cm³/mol. The summed E-state index contributed by atoms with van der Waals surface area (Å²) < 4.78 is 37.6. The number of benzene rings is 2. The van der Waals surface area contributed by atoms with Gasteiger partial charge in [0.2, 0.25) is 21.8 Å². The molecule has 2 atom stereocenters. The maximum atomic E-state index is 13.4. The minimum absolute atomic E-state index is 0.00446. The first-order valence-electron chi connectivity index (χ1n) is 13.0. The number of hydrogen-bond acceptors (Lipinski definition) is 6. The third kappa shape index (κ3) is 7.86. The number of nitrogens with zero attached hydrogens (tertiary/aromatic N) is 2. The Morgan fingerprint density at radius 2 is 1.76 bits per heavy atom. The number of sulfonamides is 1. The summed E-state index contributed by atoms with van der Waals surface area (Å²) in [4.78, 5) is 27.9. The van der Waals surface area contributed by atoms with Crippen LogP contribution in [0.4, 0.5) is 5.69 Å². The van der Waals surface area contributed by atoms with Gasteiger partial charge in [-0.1, -0.05) is 36.8 Å². The molecule has 208 valence electrons. The molecule has 1 aliphatic heterocycles. The molecule has 1 aliphatic rings. The van der Waals surface area contributed by atoms with Crippen molar-refractivity contribution in [3.8, 4) is 11.5 Å². The SMILES string of the molecule is CC[C@@H](C)NC(=O)[C@@H](C)N(Cc1cccc(C)c1)C(=O)CCCN(c1ccc2c(c1)OCCO2)S(C)(=O)=O. The molecule has 0 saturated carbocycles. The average Bonchev–Trinajstić information content (AvgIpc) is 2.88. The summed E-state index contributed by atoms with van der Waals surface area (Å²) in [7, 11) is -3.61. The lowest BCUT2D eigenvalue weighted by molar-refractivity contribution is -0.140. The van der Waals surface area contributed by atoms with Crippen molar-refractivity contribution in [2.75, 3.05) is 30.3 Å². The van der Waals surface area contributed by atoms with Crippen LogP contribution in [0.25, 0.3) is 0 Å². The van der Waals surface area contributed by atoms with Gasteiger partial charge in [-0.2, -0.15) is 0 Å². The number of ether oxygens (including phenoxy) is 2. The number of nitrogens with one attached hydrogen (secondary N) is 1. The Kier molecular flexibility index (Phi) is 10.0. The summed E-state index contributed by atoms with van der Waals surface area (Å²) in [5.41, 5.74) is 2.44. The Labute approximate surface area is 226 Å². The van der Waals surface area contributed by atoms with Gasteiger partial charge < -0.3 is 19.7 Å². The summed E-state index contributed by atoms with van der Waals surface area (Å²) in [6, 6.07) is 12.1. The lowest BCUT2D eigenvalue weighted by Gasteiger charge is -2.30. The van der Waals surface area contributed by atoms with E-state index in [9.17, 15) is 18.0 Å². The number of aryl methyl sites for hydroxylation is 1. The molecule has 3 rings (SSSR count). The van der Waals surface area contributed by atoms with Crippen LogP contribution >= 0.6 is 0 Å². The third-order valence-corrected chi connectivity index (χ3v) is 7.76. The van der Waals surface area contributed by atoms with E-state index >= 15 is 0 Å². The van der Waals surface area contributed by atoms with Crippen LogP contribution in [0.5, 0.6) is 11.5 Å². The van der Waals surface area contributed by atoms with Gasteiger partial charge in [-0.15, -0.1) is 0 Å². The van der Waals surface area contributed by atoms with E-state index in [4.69, 9.17) is 9.47 Å². The van der Waals surface area contributed by atoms with Crippen LogP contribution in [-0.2, 0) is 26.2 Å². The molecule has 2 aromatic carbocycles. The second kappa shape index (κ2) is 13.0. The number of carbonyl (C=O) groups excluding carboxylic acids is 2. The van der Waals surface area contributed by atoms with Gasteiger partial charge in [0, 0.05) is 31.6 Å². The predicted octanol–water partition coefficient (Wildman–Crippen LogP) is 3.64.